The SMILES string of the molecule is O=C(O)CC1(CN2CCCCS2(=O)=O)CCCCC1. The number of carboxylic acids is 1. The van der Waals surface area contributed by atoms with E-state index in [9.17, 15) is 13.2 Å². The number of carboxylic acid groups (broad SMARTS) is 1. The lowest BCUT2D eigenvalue weighted by atomic mass is 9.71. The molecule has 6 heteroatoms. The normalized spacial score (nSPS) is 26.9. The molecule has 1 heterocycles. The molecule has 1 saturated heterocycles. The van der Waals surface area contributed by atoms with Crippen molar-refractivity contribution in [3.63, 3.8) is 0 Å². The smallest absolute Gasteiger partial charge is 0.303 e. The van der Waals surface area contributed by atoms with Crippen LogP contribution in [0.2, 0.25) is 0 Å². The van der Waals surface area contributed by atoms with Crippen molar-refractivity contribution < 1.29 is 18.3 Å². The van der Waals surface area contributed by atoms with Crippen LogP contribution in [0.25, 0.3) is 0 Å². The van der Waals surface area contributed by atoms with Crippen LogP contribution in [0.4, 0.5) is 0 Å². The summed E-state index contributed by atoms with van der Waals surface area (Å²) in [6.45, 7) is 0.964. The maximum Gasteiger partial charge on any atom is 0.303 e. The van der Waals surface area contributed by atoms with Crippen molar-refractivity contribution in [3.05, 3.63) is 0 Å². The molecule has 0 aromatic carbocycles. The lowest BCUT2D eigenvalue weighted by Crippen LogP contribution is -2.46. The molecule has 0 atom stereocenters. The number of rotatable bonds is 4. The molecule has 1 saturated carbocycles. The highest BCUT2D eigenvalue weighted by Crippen LogP contribution is 2.41. The molecule has 1 aliphatic carbocycles. The maximum atomic E-state index is 12.1. The first-order valence-corrected chi connectivity index (χ1v) is 8.74. The fraction of sp³-hybridized carbons (Fsp3) is 0.923. The average Bonchev–Trinajstić information content (AvgIpc) is 2.32. The Labute approximate surface area is 115 Å². The molecule has 1 N–H and O–H groups in total. The van der Waals surface area contributed by atoms with E-state index in [1.165, 1.54) is 0 Å². The fourth-order valence-corrected chi connectivity index (χ4v) is 5.11. The summed E-state index contributed by atoms with van der Waals surface area (Å²) >= 11 is 0. The summed E-state index contributed by atoms with van der Waals surface area (Å²) in [6, 6.07) is 0. The predicted octanol–water partition coefficient (Wildman–Crippen LogP) is 1.84. The van der Waals surface area contributed by atoms with Gasteiger partial charge >= 0.3 is 5.97 Å². The second-order valence-electron chi connectivity index (χ2n) is 5.99. The van der Waals surface area contributed by atoms with Crippen molar-refractivity contribution in [1.82, 2.24) is 4.31 Å². The van der Waals surface area contributed by atoms with Gasteiger partial charge in [-0.1, -0.05) is 19.3 Å². The number of hydrogen-bond donors (Lipinski definition) is 1. The first-order valence-electron chi connectivity index (χ1n) is 7.13. The molecule has 0 aromatic rings. The highest BCUT2D eigenvalue weighted by molar-refractivity contribution is 7.89. The summed E-state index contributed by atoms with van der Waals surface area (Å²) in [5.74, 6) is -0.591. The molecular weight excluding hydrogens is 266 g/mol. The molecule has 1 aliphatic heterocycles. The van der Waals surface area contributed by atoms with Gasteiger partial charge in [-0.25, -0.2) is 12.7 Å². The van der Waals surface area contributed by atoms with Crippen molar-refractivity contribution in [2.24, 2.45) is 5.41 Å². The van der Waals surface area contributed by atoms with E-state index in [1.807, 2.05) is 0 Å². The highest BCUT2D eigenvalue weighted by Gasteiger charge is 2.39. The van der Waals surface area contributed by atoms with Gasteiger partial charge in [-0.2, -0.15) is 0 Å². The second-order valence-corrected chi connectivity index (χ2v) is 8.08. The molecule has 2 rings (SSSR count). The van der Waals surface area contributed by atoms with Gasteiger partial charge in [0.05, 0.1) is 12.2 Å². The van der Waals surface area contributed by atoms with Gasteiger partial charge in [-0.3, -0.25) is 4.79 Å². The van der Waals surface area contributed by atoms with E-state index in [1.54, 1.807) is 4.31 Å². The van der Waals surface area contributed by atoms with Crippen LogP contribution >= 0.6 is 0 Å². The van der Waals surface area contributed by atoms with Gasteiger partial charge in [0, 0.05) is 13.1 Å². The summed E-state index contributed by atoms with van der Waals surface area (Å²) in [4.78, 5) is 11.1. The third-order valence-electron chi connectivity index (χ3n) is 4.41. The van der Waals surface area contributed by atoms with Gasteiger partial charge in [-0.15, -0.1) is 0 Å². The van der Waals surface area contributed by atoms with E-state index in [4.69, 9.17) is 5.11 Å². The first kappa shape index (κ1) is 14.8. The number of sulfonamides is 1. The Hall–Kier alpha value is -0.620. The molecule has 2 aliphatic rings. The van der Waals surface area contributed by atoms with Gasteiger partial charge in [0.1, 0.15) is 0 Å². The molecule has 0 radical (unpaired) electrons. The van der Waals surface area contributed by atoms with Crippen LogP contribution in [-0.4, -0.2) is 42.6 Å². The van der Waals surface area contributed by atoms with Crippen LogP contribution in [0.3, 0.4) is 0 Å². The molecule has 19 heavy (non-hydrogen) atoms. The van der Waals surface area contributed by atoms with Crippen LogP contribution in [0.5, 0.6) is 0 Å². The zero-order chi connectivity index (χ0) is 13.9. The first-order chi connectivity index (χ1) is 8.94. The van der Waals surface area contributed by atoms with E-state index < -0.39 is 16.0 Å². The molecule has 110 valence electrons. The Balaban J connectivity index is 2.12. The van der Waals surface area contributed by atoms with E-state index in [-0.39, 0.29) is 17.6 Å². The number of nitrogens with zero attached hydrogens (tertiary/aromatic N) is 1. The topological polar surface area (TPSA) is 74.7 Å². The van der Waals surface area contributed by atoms with Crippen molar-refractivity contribution in [2.45, 2.75) is 51.4 Å². The van der Waals surface area contributed by atoms with Crippen molar-refractivity contribution in [1.29, 1.82) is 0 Å². The molecule has 0 spiro atoms. The number of hydrogen-bond acceptors (Lipinski definition) is 3. The Morgan fingerprint density at radius 3 is 2.37 bits per heavy atom. The Morgan fingerprint density at radius 1 is 1.11 bits per heavy atom. The van der Waals surface area contributed by atoms with Crippen LogP contribution < -0.4 is 0 Å². The van der Waals surface area contributed by atoms with E-state index >= 15 is 0 Å². The number of aliphatic carboxylic acids is 1. The third-order valence-corrected chi connectivity index (χ3v) is 6.31. The summed E-state index contributed by atoms with van der Waals surface area (Å²) in [5, 5.41) is 9.12. The summed E-state index contributed by atoms with van der Waals surface area (Å²) in [6.07, 6.45) is 6.55. The Morgan fingerprint density at radius 2 is 1.79 bits per heavy atom. The zero-order valence-corrected chi connectivity index (χ0v) is 12.1. The van der Waals surface area contributed by atoms with Crippen molar-refractivity contribution >= 4 is 16.0 Å². The summed E-state index contributed by atoms with van der Waals surface area (Å²) in [5.41, 5.74) is -0.339. The molecule has 0 aromatic heterocycles. The lowest BCUT2D eigenvalue weighted by Gasteiger charge is -2.40. The van der Waals surface area contributed by atoms with E-state index in [0.29, 0.717) is 13.1 Å². The second kappa shape index (κ2) is 5.79. The van der Waals surface area contributed by atoms with Gasteiger partial charge in [0.2, 0.25) is 10.0 Å². The van der Waals surface area contributed by atoms with E-state index in [2.05, 4.69) is 0 Å². The molecule has 0 unspecified atom stereocenters. The Bertz CT molecular complexity index is 426. The largest absolute Gasteiger partial charge is 0.481 e. The lowest BCUT2D eigenvalue weighted by molar-refractivity contribution is -0.140. The third kappa shape index (κ3) is 3.69. The fourth-order valence-electron chi connectivity index (χ4n) is 3.41. The van der Waals surface area contributed by atoms with Crippen molar-refractivity contribution in [2.75, 3.05) is 18.8 Å². The molecule has 0 amide bonds. The van der Waals surface area contributed by atoms with Crippen molar-refractivity contribution in [3.8, 4) is 0 Å². The summed E-state index contributed by atoms with van der Waals surface area (Å²) < 4.78 is 25.7. The standard InChI is InChI=1S/C13H23NO4S/c15-12(16)10-13(6-2-1-3-7-13)11-14-8-4-5-9-19(14,17)18/h1-11H2,(H,15,16). The maximum absolute atomic E-state index is 12.1. The van der Waals surface area contributed by atoms with Crippen LogP contribution in [0, 0.1) is 5.41 Å². The molecule has 2 fully saturated rings. The molecule has 0 bridgehead atoms. The summed E-state index contributed by atoms with van der Waals surface area (Å²) in [7, 11) is -3.16. The van der Waals surface area contributed by atoms with Gasteiger partial charge in [0.25, 0.3) is 0 Å². The molecular formula is C13H23NO4S. The van der Waals surface area contributed by atoms with Crippen LogP contribution in [-0.2, 0) is 14.8 Å². The van der Waals surface area contributed by atoms with E-state index in [0.717, 1.165) is 44.9 Å². The number of carbonyl (C=O) groups is 1. The van der Waals surface area contributed by atoms with Gasteiger partial charge in [-0.05, 0) is 31.1 Å². The Kier molecular flexibility index (Phi) is 4.50. The minimum atomic E-state index is -3.16. The van der Waals surface area contributed by atoms with Gasteiger partial charge < -0.3 is 5.11 Å². The monoisotopic (exact) mass is 289 g/mol. The van der Waals surface area contributed by atoms with Gasteiger partial charge in [0.15, 0.2) is 0 Å². The minimum absolute atomic E-state index is 0.0962. The highest BCUT2D eigenvalue weighted by atomic mass is 32.2. The quantitative estimate of drug-likeness (QED) is 0.857. The minimum Gasteiger partial charge on any atom is -0.481 e. The predicted molar refractivity (Wildman–Crippen MR) is 72.4 cm³/mol. The van der Waals surface area contributed by atoms with Crippen LogP contribution in [0.1, 0.15) is 51.4 Å². The average molecular weight is 289 g/mol. The zero-order valence-electron chi connectivity index (χ0n) is 11.3. The molecule has 5 nitrogen and oxygen atoms in total. The van der Waals surface area contributed by atoms with Crippen LogP contribution in [0.15, 0.2) is 0 Å².